The predicted octanol–water partition coefficient (Wildman–Crippen LogP) is 6.67. The van der Waals surface area contributed by atoms with Crippen molar-refractivity contribution in [2.45, 2.75) is 32.6 Å². The van der Waals surface area contributed by atoms with Gasteiger partial charge in [0.2, 0.25) is 5.89 Å². The van der Waals surface area contributed by atoms with Crippen molar-refractivity contribution in [2.75, 3.05) is 6.54 Å². The molecule has 0 atom stereocenters. The van der Waals surface area contributed by atoms with Gasteiger partial charge in [-0.3, -0.25) is 0 Å². The van der Waals surface area contributed by atoms with E-state index in [1.165, 1.54) is 23.1 Å². The number of allylic oxidation sites excluding steroid dienone is 1. The molecule has 1 aliphatic rings. The molecule has 1 aromatic heterocycles. The van der Waals surface area contributed by atoms with Gasteiger partial charge in [0.1, 0.15) is 0 Å². The Morgan fingerprint density at radius 3 is 2.86 bits per heavy atom. The van der Waals surface area contributed by atoms with Crippen molar-refractivity contribution in [1.29, 1.82) is 0 Å². The average Bonchev–Trinajstić information content (AvgIpc) is 3.01. The van der Waals surface area contributed by atoms with E-state index in [0.29, 0.717) is 11.7 Å². The van der Waals surface area contributed by atoms with Crippen molar-refractivity contribution < 1.29 is 4.42 Å². The first-order valence-corrected chi connectivity index (χ1v) is 10.4. The maximum atomic E-state index is 6.25. The van der Waals surface area contributed by atoms with E-state index in [2.05, 4.69) is 35.1 Å². The zero-order chi connectivity index (χ0) is 20.2. The molecule has 148 valence electrons. The summed E-state index contributed by atoms with van der Waals surface area (Å²) in [6.07, 6.45) is 6.64. The number of rotatable bonds is 6. The van der Waals surface area contributed by atoms with Crippen LogP contribution in [0.25, 0.3) is 22.7 Å². The Morgan fingerprint density at radius 1 is 1.21 bits per heavy atom. The number of aryl methyl sites for hydroxylation is 2. The summed E-state index contributed by atoms with van der Waals surface area (Å²) in [4.78, 5) is 4.56. The molecule has 0 spiro atoms. The number of halogens is 1. The van der Waals surface area contributed by atoms with Crippen LogP contribution in [0.2, 0.25) is 5.02 Å². The summed E-state index contributed by atoms with van der Waals surface area (Å²) in [7, 11) is 0. The van der Waals surface area contributed by atoms with E-state index in [9.17, 15) is 0 Å². The third kappa shape index (κ3) is 4.46. The van der Waals surface area contributed by atoms with Crippen molar-refractivity contribution >= 4 is 22.9 Å². The number of nitrogens with zero attached hydrogens (tertiary/aromatic N) is 1. The van der Waals surface area contributed by atoms with Crippen molar-refractivity contribution in [3.63, 3.8) is 0 Å². The summed E-state index contributed by atoms with van der Waals surface area (Å²) in [6, 6.07) is 16.2. The molecule has 1 heterocycles. The topological polar surface area (TPSA) is 38.1 Å². The van der Waals surface area contributed by atoms with Gasteiger partial charge in [0, 0.05) is 17.1 Å². The lowest BCUT2D eigenvalue weighted by molar-refractivity contribution is 0.553. The number of oxazole rings is 1. The quantitative estimate of drug-likeness (QED) is 0.498. The lowest BCUT2D eigenvalue weighted by Gasteiger charge is -2.13. The molecule has 4 heteroatoms. The number of nitrogens with one attached hydrogen (secondary N) is 1. The third-order valence-corrected chi connectivity index (χ3v) is 5.52. The monoisotopic (exact) mass is 404 g/mol. The van der Waals surface area contributed by atoms with E-state index >= 15 is 0 Å². The smallest absolute Gasteiger partial charge is 0.227 e. The number of aromatic nitrogens is 1. The summed E-state index contributed by atoms with van der Waals surface area (Å²) in [5, 5.41) is 4.21. The molecule has 1 aliphatic carbocycles. The Balaban J connectivity index is 1.43. The highest BCUT2D eigenvalue weighted by Crippen LogP contribution is 2.30. The van der Waals surface area contributed by atoms with Crippen molar-refractivity contribution in [2.24, 2.45) is 0 Å². The normalized spacial score (nSPS) is 13.4. The van der Waals surface area contributed by atoms with Gasteiger partial charge >= 0.3 is 0 Å². The molecule has 0 amide bonds. The molecule has 29 heavy (non-hydrogen) atoms. The van der Waals surface area contributed by atoms with Crippen LogP contribution < -0.4 is 5.32 Å². The minimum atomic E-state index is 0.621. The van der Waals surface area contributed by atoms with Crippen LogP contribution in [0.3, 0.4) is 0 Å². The minimum Gasteiger partial charge on any atom is -0.434 e. The first-order chi connectivity index (χ1) is 14.1. The average molecular weight is 405 g/mol. The number of benzene rings is 2. The maximum Gasteiger partial charge on any atom is 0.227 e. The van der Waals surface area contributed by atoms with E-state index in [4.69, 9.17) is 16.0 Å². The van der Waals surface area contributed by atoms with Crippen LogP contribution in [-0.4, -0.2) is 11.5 Å². The molecule has 0 saturated heterocycles. The molecule has 0 unspecified atom stereocenters. The molecule has 3 aromatic rings. The van der Waals surface area contributed by atoms with Gasteiger partial charge in [-0.1, -0.05) is 48.5 Å². The number of fused-ring (bicyclic) bond motifs is 1. The fourth-order valence-electron chi connectivity index (χ4n) is 3.79. The Bertz CT molecular complexity index is 1050. The van der Waals surface area contributed by atoms with Crippen LogP contribution >= 0.6 is 11.6 Å². The standard InChI is InChI=1S/C25H25ClN2O/c1-17(24-18(2)28-25(29-24)21-10-4-3-5-11-21)27-15-14-20-9-7-6-8-19-12-13-22(26)16-23(19)20/h3-5,9-13,16,27H,1,6-8,14-15H2,2H3. The fraction of sp³-hybridized carbons (Fsp3) is 0.240. The maximum absolute atomic E-state index is 6.25. The van der Waals surface area contributed by atoms with Gasteiger partial charge < -0.3 is 9.73 Å². The molecule has 0 fully saturated rings. The van der Waals surface area contributed by atoms with E-state index < -0.39 is 0 Å². The first-order valence-electron chi connectivity index (χ1n) is 10.1. The molecule has 2 aromatic carbocycles. The van der Waals surface area contributed by atoms with Crippen molar-refractivity contribution in [3.8, 4) is 11.5 Å². The van der Waals surface area contributed by atoms with Crippen molar-refractivity contribution in [3.05, 3.63) is 88.8 Å². The highest BCUT2D eigenvalue weighted by atomic mass is 35.5. The molecule has 0 radical (unpaired) electrons. The molecule has 0 bridgehead atoms. The van der Waals surface area contributed by atoms with Gasteiger partial charge in [-0.15, -0.1) is 0 Å². The van der Waals surface area contributed by atoms with Gasteiger partial charge in [-0.25, -0.2) is 4.98 Å². The second-order valence-electron chi connectivity index (χ2n) is 7.38. The Kier molecular flexibility index (Phi) is 5.86. The van der Waals surface area contributed by atoms with Crippen LogP contribution in [0.1, 0.15) is 41.8 Å². The highest BCUT2D eigenvalue weighted by Gasteiger charge is 2.15. The van der Waals surface area contributed by atoms with E-state index in [0.717, 1.165) is 47.8 Å². The molecule has 0 saturated carbocycles. The van der Waals surface area contributed by atoms with Gasteiger partial charge in [0.15, 0.2) is 5.76 Å². The summed E-state index contributed by atoms with van der Waals surface area (Å²) < 4.78 is 5.99. The summed E-state index contributed by atoms with van der Waals surface area (Å²) in [5.41, 5.74) is 6.58. The summed E-state index contributed by atoms with van der Waals surface area (Å²) in [6.45, 7) is 6.89. The van der Waals surface area contributed by atoms with Crippen LogP contribution in [0.5, 0.6) is 0 Å². The first kappa shape index (κ1) is 19.5. The van der Waals surface area contributed by atoms with E-state index in [1.807, 2.05) is 43.3 Å². The predicted molar refractivity (Wildman–Crippen MR) is 121 cm³/mol. The molecule has 1 N–H and O–H groups in total. The van der Waals surface area contributed by atoms with E-state index in [1.54, 1.807) is 0 Å². The van der Waals surface area contributed by atoms with Crippen LogP contribution in [0, 0.1) is 6.92 Å². The Hall–Kier alpha value is -2.78. The molecule has 0 aliphatic heterocycles. The second-order valence-corrected chi connectivity index (χ2v) is 7.81. The van der Waals surface area contributed by atoms with Crippen molar-refractivity contribution in [1.82, 2.24) is 10.3 Å². The van der Waals surface area contributed by atoms with Crippen LogP contribution in [0.15, 0.2) is 65.6 Å². The number of hydrogen-bond donors (Lipinski definition) is 1. The van der Waals surface area contributed by atoms with Gasteiger partial charge in [0.05, 0.1) is 11.4 Å². The molecule has 3 nitrogen and oxygen atoms in total. The largest absolute Gasteiger partial charge is 0.434 e. The Labute approximate surface area is 177 Å². The zero-order valence-corrected chi connectivity index (χ0v) is 17.4. The molecular weight excluding hydrogens is 380 g/mol. The third-order valence-electron chi connectivity index (χ3n) is 5.28. The van der Waals surface area contributed by atoms with Gasteiger partial charge in [0.25, 0.3) is 0 Å². The zero-order valence-electron chi connectivity index (χ0n) is 16.7. The van der Waals surface area contributed by atoms with E-state index in [-0.39, 0.29) is 0 Å². The summed E-state index contributed by atoms with van der Waals surface area (Å²) in [5.74, 6) is 1.33. The SMILES string of the molecule is C=C(NCCC1=CCCCc2ccc(Cl)cc21)c1oc(-c2ccccc2)nc1C. The molecular formula is C25H25ClN2O. The number of hydrogen-bond acceptors (Lipinski definition) is 3. The fourth-order valence-corrected chi connectivity index (χ4v) is 3.96. The lowest BCUT2D eigenvalue weighted by Crippen LogP contribution is -2.13. The van der Waals surface area contributed by atoms with Crippen LogP contribution in [0.4, 0.5) is 0 Å². The minimum absolute atomic E-state index is 0.621. The highest BCUT2D eigenvalue weighted by molar-refractivity contribution is 6.30. The lowest BCUT2D eigenvalue weighted by atomic mass is 9.97. The van der Waals surface area contributed by atoms with Crippen LogP contribution in [-0.2, 0) is 6.42 Å². The van der Waals surface area contributed by atoms with Gasteiger partial charge in [-0.2, -0.15) is 0 Å². The Morgan fingerprint density at radius 2 is 2.03 bits per heavy atom. The molecule has 4 rings (SSSR count). The van der Waals surface area contributed by atoms with Gasteiger partial charge in [-0.05, 0) is 73.6 Å². The summed E-state index contributed by atoms with van der Waals surface area (Å²) >= 11 is 6.25. The second kappa shape index (κ2) is 8.71.